The van der Waals surface area contributed by atoms with Gasteiger partial charge in [-0.3, -0.25) is 4.90 Å². The zero-order valence-corrected chi connectivity index (χ0v) is 18.3. The third-order valence-corrected chi connectivity index (χ3v) is 5.90. The van der Waals surface area contributed by atoms with Crippen LogP contribution in [0.2, 0.25) is 0 Å². The quantitative estimate of drug-likeness (QED) is 0.486. The van der Waals surface area contributed by atoms with Gasteiger partial charge in [-0.15, -0.1) is 0 Å². The summed E-state index contributed by atoms with van der Waals surface area (Å²) in [7, 11) is 0. The highest BCUT2D eigenvalue weighted by atomic mass is 15.2. The number of likely N-dealkylation sites (tertiary alicyclic amines) is 1. The number of imidazole rings is 1. The Labute approximate surface area is 176 Å². The van der Waals surface area contributed by atoms with Gasteiger partial charge in [-0.05, 0) is 50.9 Å². The van der Waals surface area contributed by atoms with Crippen molar-refractivity contribution in [3.05, 3.63) is 66.0 Å². The first-order chi connectivity index (χ1) is 14.2. The molecule has 1 saturated heterocycles. The Morgan fingerprint density at radius 2 is 2.03 bits per heavy atom. The molecule has 1 N–H and O–H groups in total. The van der Waals surface area contributed by atoms with Gasteiger partial charge in [0, 0.05) is 38.6 Å². The number of fused-ring (bicyclic) bond motifs is 1. The molecule has 1 aromatic heterocycles. The zero-order valence-electron chi connectivity index (χ0n) is 18.3. The number of nitrogens with one attached hydrogen (secondary N) is 1. The van der Waals surface area contributed by atoms with E-state index in [9.17, 15) is 0 Å². The van der Waals surface area contributed by atoms with Crippen molar-refractivity contribution < 1.29 is 0 Å². The number of aromatic nitrogens is 2. The molecule has 0 aliphatic carbocycles. The molecular weight excluding hydrogens is 356 g/mol. The molecule has 0 bridgehead atoms. The predicted molar refractivity (Wildman–Crippen MR) is 124 cm³/mol. The van der Waals surface area contributed by atoms with Gasteiger partial charge in [0.2, 0.25) is 0 Å². The normalized spacial score (nSPS) is 17.2. The Balaban J connectivity index is 1.71. The average Bonchev–Trinajstić information content (AvgIpc) is 3.12. The van der Waals surface area contributed by atoms with Crippen molar-refractivity contribution in [1.29, 1.82) is 0 Å². The Bertz CT molecular complexity index is 866. The van der Waals surface area contributed by atoms with Crippen LogP contribution in [0.4, 0.5) is 0 Å². The molecule has 2 aromatic rings. The predicted octanol–water partition coefficient (Wildman–Crippen LogP) is 4.90. The van der Waals surface area contributed by atoms with Gasteiger partial charge >= 0.3 is 0 Å². The largest absolute Gasteiger partial charge is 0.325 e. The van der Waals surface area contributed by atoms with Crippen LogP contribution in [0, 0.1) is 0 Å². The molecular formula is C25H36N4. The van der Waals surface area contributed by atoms with E-state index < -0.39 is 0 Å². The van der Waals surface area contributed by atoms with E-state index in [0.29, 0.717) is 6.04 Å². The second-order valence-corrected chi connectivity index (χ2v) is 7.95. The van der Waals surface area contributed by atoms with Crippen LogP contribution < -0.4 is 5.32 Å². The summed E-state index contributed by atoms with van der Waals surface area (Å²) in [6, 6.07) is 9.12. The van der Waals surface area contributed by atoms with E-state index in [1.165, 1.54) is 35.3 Å². The second kappa shape index (κ2) is 10.6. The van der Waals surface area contributed by atoms with Crippen molar-refractivity contribution in [3.63, 3.8) is 0 Å². The summed E-state index contributed by atoms with van der Waals surface area (Å²) in [6.07, 6.45) is 9.72. The van der Waals surface area contributed by atoms with Gasteiger partial charge in [-0.2, -0.15) is 0 Å². The highest BCUT2D eigenvalue weighted by molar-refractivity contribution is 5.76. The monoisotopic (exact) mass is 392 g/mol. The molecule has 1 fully saturated rings. The minimum Gasteiger partial charge on any atom is -0.325 e. The average molecular weight is 393 g/mol. The fourth-order valence-electron chi connectivity index (χ4n) is 4.19. The van der Waals surface area contributed by atoms with Crippen LogP contribution in [0.3, 0.4) is 0 Å². The Kier molecular flexibility index (Phi) is 7.84. The van der Waals surface area contributed by atoms with Gasteiger partial charge in [0.15, 0.2) is 0 Å². The van der Waals surface area contributed by atoms with Crippen molar-refractivity contribution in [2.45, 2.75) is 46.1 Å². The molecule has 0 radical (unpaired) electrons. The van der Waals surface area contributed by atoms with Gasteiger partial charge in [0.1, 0.15) is 5.82 Å². The molecule has 156 valence electrons. The van der Waals surface area contributed by atoms with Crippen LogP contribution in [-0.2, 0) is 6.42 Å². The number of hydrogen-bond acceptors (Lipinski definition) is 3. The van der Waals surface area contributed by atoms with Crippen molar-refractivity contribution in [2.24, 2.45) is 0 Å². The van der Waals surface area contributed by atoms with E-state index in [4.69, 9.17) is 4.98 Å². The lowest BCUT2D eigenvalue weighted by Gasteiger charge is -2.34. The van der Waals surface area contributed by atoms with Crippen LogP contribution in [0.25, 0.3) is 11.0 Å². The van der Waals surface area contributed by atoms with Crippen molar-refractivity contribution >= 4 is 11.0 Å². The maximum absolute atomic E-state index is 4.96. The lowest BCUT2D eigenvalue weighted by molar-refractivity contribution is 0.200. The Morgan fingerprint density at radius 3 is 2.72 bits per heavy atom. The Hall–Kier alpha value is -2.17. The summed E-state index contributed by atoms with van der Waals surface area (Å²) in [4.78, 5) is 7.52. The van der Waals surface area contributed by atoms with E-state index in [0.717, 1.165) is 44.7 Å². The highest BCUT2D eigenvalue weighted by Gasteiger charge is 2.24. The molecule has 0 atom stereocenters. The molecule has 4 heteroatoms. The maximum atomic E-state index is 4.96. The minimum atomic E-state index is 0.531. The first-order valence-electron chi connectivity index (χ1n) is 11.0. The molecule has 3 rings (SSSR count). The number of para-hydroxylation sites is 2. The topological polar surface area (TPSA) is 33.1 Å². The number of rotatable bonds is 9. The molecule has 1 aliphatic rings. The van der Waals surface area contributed by atoms with E-state index >= 15 is 0 Å². The second-order valence-electron chi connectivity index (χ2n) is 7.95. The first-order valence-corrected chi connectivity index (χ1v) is 11.0. The molecule has 1 aliphatic heterocycles. The van der Waals surface area contributed by atoms with Crippen molar-refractivity contribution in [1.82, 2.24) is 19.8 Å². The van der Waals surface area contributed by atoms with Crippen molar-refractivity contribution in [3.8, 4) is 0 Å². The molecule has 4 nitrogen and oxygen atoms in total. The summed E-state index contributed by atoms with van der Waals surface area (Å²) in [5.41, 5.74) is 5.01. The lowest BCUT2D eigenvalue weighted by Crippen LogP contribution is -2.36. The van der Waals surface area contributed by atoms with Gasteiger partial charge in [-0.25, -0.2) is 4.98 Å². The SMILES string of the molecule is C=C/C(=C\C(C)=C/C)CN1CCC(n2c(CCNCC)nc3ccccc32)CC1. The fourth-order valence-corrected chi connectivity index (χ4v) is 4.19. The van der Waals surface area contributed by atoms with Gasteiger partial charge in [0.05, 0.1) is 11.0 Å². The summed E-state index contributed by atoms with van der Waals surface area (Å²) in [5, 5.41) is 3.44. The fraction of sp³-hybridized carbons (Fsp3) is 0.480. The lowest BCUT2D eigenvalue weighted by atomic mass is 10.0. The number of hydrogen-bond donors (Lipinski definition) is 1. The van der Waals surface area contributed by atoms with Crippen LogP contribution in [0.1, 0.15) is 45.5 Å². The van der Waals surface area contributed by atoms with Crippen LogP contribution in [0.5, 0.6) is 0 Å². The molecule has 0 amide bonds. The summed E-state index contributed by atoms with van der Waals surface area (Å²) in [6.45, 7) is 15.6. The van der Waals surface area contributed by atoms with E-state index in [1.807, 2.05) is 6.08 Å². The number of benzene rings is 1. The summed E-state index contributed by atoms with van der Waals surface area (Å²) in [5.74, 6) is 1.22. The van der Waals surface area contributed by atoms with Gasteiger partial charge < -0.3 is 9.88 Å². The molecule has 0 saturated carbocycles. The molecule has 2 heterocycles. The minimum absolute atomic E-state index is 0.531. The summed E-state index contributed by atoms with van der Waals surface area (Å²) >= 11 is 0. The molecule has 0 spiro atoms. The summed E-state index contributed by atoms with van der Waals surface area (Å²) < 4.78 is 2.53. The maximum Gasteiger partial charge on any atom is 0.111 e. The Morgan fingerprint density at radius 1 is 1.28 bits per heavy atom. The molecule has 1 aromatic carbocycles. The van der Waals surface area contributed by atoms with Crippen molar-refractivity contribution in [2.75, 3.05) is 32.7 Å². The van der Waals surface area contributed by atoms with Gasteiger partial charge in [0.25, 0.3) is 0 Å². The van der Waals surface area contributed by atoms with E-state index in [2.05, 4.69) is 78.6 Å². The molecule has 29 heavy (non-hydrogen) atoms. The van der Waals surface area contributed by atoms with E-state index in [1.54, 1.807) is 0 Å². The molecule has 0 unspecified atom stereocenters. The van der Waals surface area contributed by atoms with E-state index in [-0.39, 0.29) is 0 Å². The van der Waals surface area contributed by atoms with Crippen LogP contribution in [-0.4, -0.2) is 47.2 Å². The standard InChI is InChI=1S/C25H36N4/c1-5-20(4)18-21(6-2)19-28-16-13-22(14-17-28)29-24-11-9-8-10-23(24)27-25(29)12-15-26-7-3/h5-6,8-11,18,22,26H,2,7,12-17,19H2,1,3-4H3/b20-5-,21-18+. The third-order valence-electron chi connectivity index (χ3n) is 5.90. The zero-order chi connectivity index (χ0) is 20.6. The number of piperidine rings is 1. The number of likely N-dealkylation sites (N-methyl/N-ethyl adjacent to an activating group) is 1. The highest BCUT2D eigenvalue weighted by Crippen LogP contribution is 2.29. The van der Waals surface area contributed by atoms with Gasteiger partial charge in [-0.1, -0.05) is 49.4 Å². The smallest absolute Gasteiger partial charge is 0.111 e. The third kappa shape index (κ3) is 5.46. The van der Waals surface area contributed by atoms with Crippen LogP contribution in [0.15, 0.2) is 60.2 Å². The number of nitrogens with zero attached hydrogens (tertiary/aromatic N) is 3. The van der Waals surface area contributed by atoms with Crippen LogP contribution >= 0.6 is 0 Å². The first kappa shape index (κ1) is 21.5. The number of allylic oxidation sites excluding steroid dienone is 3.